The van der Waals surface area contributed by atoms with E-state index in [1.807, 2.05) is 0 Å². The molecule has 0 saturated carbocycles. The lowest BCUT2D eigenvalue weighted by molar-refractivity contribution is 1.70. The summed E-state index contributed by atoms with van der Waals surface area (Å²) in [6.07, 6.45) is 13.2. The predicted molar refractivity (Wildman–Crippen MR) is 203 cm³/mol. The Morgan fingerprint density at radius 2 is 0.739 bits per heavy atom. The SMILES string of the molecule is C(C=Cc1ccc2ccc3c(C=Cc4ccc5cc6ccccc6cc5c4)ccc4ccc1c2c43)=Cc1ccc2ccccc2c1. The number of hydrogen-bond acceptors (Lipinski definition) is 0. The summed E-state index contributed by atoms with van der Waals surface area (Å²) in [5.41, 5.74) is 4.88. The maximum absolute atomic E-state index is 2.30. The third kappa shape index (κ3) is 4.64. The van der Waals surface area contributed by atoms with Crippen molar-refractivity contribution in [1.29, 1.82) is 0 Å². The molecule has 0 aliphatic rings. The van der Waals surface area contributed by atoms with E-state index in [1.54, 1.807) is 0 Å². The lowest BCUT2D eigenvalue weighted by Gasteiger charge is -2.14. The first kappa shape index (κ1) is 26.4. The van der Waals surface area contributed by atoms with Gasteiger partial charge < -0.3 is 0 Å². The molecule has 0 amide bonds. The summed E-state index contributed by atoms with van der Waals surface area (Å²) >= 11 is 0. The van der Waals surface area contributed by atoms with Gasteiger partial charge >= 0.3 is 0 Å². The van der Waals surface area contributed by atoms with E-state index < -0.39 is 0 Å². The van der Waals surface area contributed by atoms with Gasteiger partial charge in [0, 0.05) is 0 Å². The van der Waals surface area contributed by atoms with Gasteiger partial charge in [0.2, 0.25) is 0 Å². The summed E-state index contributed by atoms with van der Waals surface area (Å²) in [4.78, 5) is 0. The quantitative estimate of drug-likeness (QED) is 0.0819. The zero-order chi connectivity index (χ0) is 30.5. The maximum atomic E-state index is 2.30. The van der Waals surface area contributed by atoms with Gasteiger partial charge in [-0.25, -0.2) is 0 Å². The Balaban J connectivity index is 1.06. The molecule has 0 unspecified atom stereocenters. The van der Waals surface area contributed by atoms with Crippen molar-refractivity contribution in [1.82, 2.24) is 0 Å². The summed E-state index contributed by atoms with van der Waals surface area (Å²) in [5.74, 6) is 0. The van der Waals surface area contributed by atoms with E-state index in [9.17, 15) is 0 Å². The van der Waals surface area contributed by atoms with E-state index >= 15 is 0 Å². The molecule has 0 fully saturated rings. The van der Waals surface area contributed by atoms with Crippen LogP contribution in [0.4, 0.5) is 0 Å². The smallest absolute Gasteiger partial charge is 0.00206 e. The molecule has 0 saturated heterocycles. The van der Waals surface area contributed by atoms with Crippen molar-refractivity contribution in [3.63, 3.8) is 0 Å². The van der Waals surface area contributed by atoms with Crippen molar-refractivity contribution in [2.24, 2.45) is 0 Å². The molecule has 46 heavy (non-hydrogen) atoms. The molecule has 0 radical (unpaired) electrons. The number of benzene rings is 9. The molecule has 214 valence electrons. The molecule has 0 aromatic heterocycles. The topological polar surface area (TPSA) is 0 Å². The van der Waals surface area contributed by atoms with Crippen LogP contribution in [0.1, 0.15) is 22.3 Å². The van der Waals surface area contributed by atoms with Crippen molar-refractivity contribution in [3.8, 4) is 0 Å². The fraction of sp³-hybridized carbons (Fsp3) is 0. The van der Waals surface area contributed by atoms with Crippen molar-refractivity contribution in [2.75, 3.05) is 0 Å². The maximum Gasteiger partial charge on any atom is -0.00206 e. The van der Waals surface area contributed by atoms with Crippen LogP contribution >= 0.6 is 0 Å². The zero-order valence-electron chi connectivity index (χ0n) is 25.3. The van der Waals surface area contributed by atoms with Crippen LogP contribution in [0.15, 0.2) is 158 Å². The normalized spacial score (nSPS) is 12.5. The van der Waals surface area contributed by atoms with Crippen LogP contribution in [-0.2, 0) is 0 Å². The molecular weight excluding hydrogens is 553 g/mol. The van der Waals surface area contributed by atoms with Crippen molar-refractivity contribution in [3.05, 3.63) is 180 Å². The Bertz CT molecular complexity index is 2680. The monoisotopic (exact) mass is 582 g/mol. The second-order valence-corrected chi connectivity index (χ2v) is 12.2. The van der Waals surface area contributed by atoms with E-state index in [0.717, 1.165) is 0 Å². The van der Waals surface area contributed by atoms with Crippen LogP contribution in [0.2, 0.25) is 0 Å². The van der Waals surface area contributed by atoms with Crippen molar-refractivity contribution >= 4 is 88.9 Å². The highest BCUT2D eigenvalue weighted by Crippen LogP contribution is 2.38. The van der Waals surface area contributed by atoms with Gasteiger partial charge in [-0.2, -0.15) is 0 Å². The Hall–Kier alpha value is -5.98. The summed E-state index contributed by atoms with van der Waals surface area (Å²) in [7, 11) is 0. The van der Waals surface area contributed by atoms with E-state index in [2.05, 4.69) is 182 Å². The Morgan fingerprint density at radius 3 is 1.43 bits per heavy atom. The fourth-order valence-corrected chi connectivity index (χ4v) is 7.02. The third-order valence-electron chi connectivity index (χ3n) is 9.37. The second-order valence-electron chi connectivity index (χ2n) is 12.2. The highest BCUT2D eigenvalue weighted by molar-refractivity contribution is 6.25. The third-order valence-corrected chi connectivity index (χ3v) is 9.37. The van der Waals surface area contributed by atoms with E-state index in [-0.39, 0.29) is 0 Å². The van der Waals surface area contributed by atoms with Gasteiger partial charge in [0.25, 0.3) is 0 Å². The summed E-state index contributed by atoms with van der Waals surface area (Å²) in [6.45, 7) is 0. The largest absolute Gasteiger partial charge is 0.0617 e. The molecule has 0 heteroatoms. The highest BCUT2D eigenvalue weighted by Gasteiger charge is 2.11. The second kappa shape index (κ2) is 10.9. The van der Waals surface area contributed by atoms with Crippen LogP contribution in [0, 0.1) is 0 Å². The van der Waals surface area contributed by atoms with Gasteiger partial charge in [-0.3, -0.25) is 0 Å². The standard InChI is InChI=1S/C46H30/c1(7-31-13-16-33-8-3-4-10-38(33)27-31)2-9-34-19-21-36-24-26-44-35(20-22-37-23-25-43(34)45(36)46(37)44)17-14-32-15-18-41-29-39-11-5-6-12-40(39)30-42(41)28-32/h1-30H. The molecule has 9 aromatic carbocycles. The lowest BCUT2D eigenvalue weighted by atomic mass is 9.90. The lowest BCUT2D eigenvalue weighted by Crippen LogP contribution is -1.88. The van der Waals surface area contributed by atoms with Gasteiger partial charge in [-0.05, 0) is 111 Å². The minimum atomic E-state index is 1.21. The summed E-state index contributed by atoms with van der Waals surface area (Å²) in [5, 5.41) is 15.4. The molecule has 0 aliphatic heterocycles. The predicted octanol–water partition coefficient (Wildman–Crippen LogP) is 12.9. The first-order chi connectivity index (χ1) is 22.8. The molecule has 0 spiro atoms. The minimum absolute atomic E-state index is 1.21. The minimum Gasteiger partial charge on any atom is -0.0617 e. The first-order valence-electron chi connectivity index (χ1n) is 15.9. The van der Waals surface area contributed by atoms with Crippen LogP contribution < -0.4 is 0 Å². The highest BCUT2D eigenvalue weighted by atomic mass is 14.1. The average Bonchev–Trinajstić information content (AvgIpc) is 3.11. The first-order valence-corrected chi connectivity index (χ1v) is 15.9. The van der Waals surface area contributed by atoms with Gasteiger partial charge in [0.15, 0.2) is 0 Å². The summed E-state index contributed by atoms with van der Waals surface area (Å²) < 4.78 is 0. The molecule has 0 bridgehead atoms. The molecule has 0 heterocycles. The van der Waals surface area contributed by atoms with Gasteiger partial charge in [-0.1, -0.05) is 158 Å². The summed E-state index contributed by atoms with van der Waals surface area (Å²) in [6, 6.07) is 53.1. The van der Waals surface area contributed by atoms with E-state index in [0.29, 0.717) is 0 Å². The van der Waals surface area contributed by atoms with Gasteiger partial charge in [0.05, 0.1) is 0 Å². The number of rotatable bonds is 5. The van der Waals surface area contributed by atoms with E-state index in [4.69, 9.17) is 0 Å². The Kier molecular flexibility index (Phi) is 6.25. The Morgan fingerprint density at radius 1 is 0.283 bits per heavy atom. The van der Waals surface area contributed by atoms with Crippen LogP contribution in [0.5, 0.6) is 0 Å². The molecule has 0 N–H and O–H groups in total. The zero-order valence-corrected chi connectivity index (χ0v) is 25.3. The van der Waals surface area contributed by atoms with Gasteiger partial charge in [0.1, 0.15) is 0 Å². The molecule has 9 aromatic rings. The van der Waals surface area contributed by atoms with Gasteiger partial charge in [-0.15, -0.1) is 0 Å². The van der Waals surface area contributed by atoms with Crippen molar-refractivity contribution in [2.45, 2.75) is 0 Å². The van der Waals surface area contributed by atoms with Crippen LogP contribution in [0.25, 0.3) is 88.9 Å². The molecule has 0 atom stereocenters. The molecular formula is C46H30. The fourth-order valence-electron chi connectivity index (χ4n) is 7.02. The average molecular weight is 583 g/mol. The number of hydrogen-bond donors (Lipinski definition) is 0. The molecule has 0 aliphatic carbocycles. The van der Waals surface area contributed by atoms with Crippen molar-refractivity contribution < 1.29 is 0 Å². The van der Waals surface area contributed by atoms with Crippen LogP contribution in [0.3, 0.4) is 0 Å². The van der Waals surface area contributed by atoms with Crippen LogP contribution in [-0.4, -0.2) is 0 Å². The molecule has 0 nitrogen and oxygen atoms in total. The Labute approximate surface area is 268 Å². The van der Waals surface area contributed by atoms with E-state index in [1.165, 1.54) is 86.9 Å². The molecule has 9 rings (SSSR count). The number of allylic oxidation sites excluding steroid dienone is 2. The number of fused-ring (bicyclic) bond motifs is 3.